The minimum atomic E-state index is 0.339. The van der Waals surface area contributed by atoms with Crippen LogP contribution in [0.3, 0.4) is 0 Å². The Morgan fingerprint density at radius 2 is 2.05 bits per heavy atom. The highest BCUT2D eigenvalue weighted by molar-refractivity contribution is 9.10. The van der Waals surface area contributed by atoms with Gasteiger partial charge in [-0.05, 0) is 62.9 Å². The largest absolute Gasteiger partial charge is 0.310 e. The predicted octanol–water partition coefficient (Wildman–Crippen LogP) is 3.41. The van der Waals surface area contributed by atoms with Crippen LogP contribution in [0.5, 0.6) is 0 Å². The fourth-order valence-corrected chi connectivity index (χ4v) is 3.52. The van der Waals surface area contributed by atoms with Crippen LogP contribution in [-0.2, 0) is 6.54 Å². The molecule has 0 amide bonds. The maximum atomic E-state index is 3.80. The van der Waals surface area contributed by atoms with Gasteiger partial charge in [-0.3, -0.25) is 4.90 Å². The van der Waals surface area contributed by atoms with Gasteiger partial charge in [-0.25, -0.2) is 0 Å². The lowest BCUT2D eigenvalue weighted by molar-refractivity contribution is 0.195. The molecule has 1 aromatic rings. The fourth-order valence-electron chi connectivity index (χ4n) is 3.25. The van der Waals surface area contributed by atoms with E-state index in [1.807, 2.05) is 0 Å². The second-order valence-corrected chi connectivity index (χ2v) is 7.22. The smallest absolute Gasteiger partial charge is 0.0308 e. The van der Waals surface area contributed by atoms with Gasteiger partial charge in [0.15, 0.2) is 0 Å². The second-order valence-electron chi connectivity index (χ2n) is 6.31. The van der Waals surface area contributed by atoms with E-state index in [-0.39, 0.29) is 0 Å². The monoisotopic (exact) mass is 322 g/mol. The van der Waals surface area contributed by atoms with Crippen molar-refractivity contribution in [1.82, 2.24) is 10.2 Å². The Balaban J connectivity index is 1.67. The number of nitrogens with zero attached hydrogens (tertiary/aromatic N) is 1. The maximum Gasteiger partial charge on any atom is 0.0308 e. The van der Waals surface area contributed by atoms with Gasteiger partial charge < -0.3 is 5.32 Å². The number of nitrogens with one attached hydrogen (secondary N) is 1. The van der Waals surface area contributed by atoms with Gasteiger partial charge in [-0.1, -0.05) is 28.1 Å². The van der Waals surface area contributed by atoms with E-state index < -0.39 is 0 Å². The summed E-state index contributed by atoms with van der Waals surface area (Å²) in [6.07, 6.45) is 4.09. The Labute approximate surface area is 124 Å². The quantitative estimate of drug-likeness (QED) is 0.917. The van der Waals surface area contributed by atoms with Crippen LogP contribution in [0.25, 0.3) is 0 Å². The van der Waals surface area contributed by atoms with Crippen LogP contribution < -0.4 is 5.32 Å². The molecule has 2 nitrogen and oxygen atoms in total. The molecule has 0 aromatic heterocycles. The maximum absolute atomic E-state index is 3.80. The molecule has 3 rings (SSSR count). The lowest BCUT2D eigenvalue weighted by Gasteiger charge is -2.34. The van der Waals surface area contributed by atoms with Crippen LogP contribution in [0.1, 0.15) is 31.7 Å². The molecule has 19 heavy (non-hydrogen) atoms. The second kappa shape index (κ2) is 5.55. The number of hydrogen-bond donors (Lipinski definition) is 1. The van der Waals surface area contributed by atoms with Crippen molar-refractivity contribution < 1.29 is 0 Å². The molecule has 0 bridgehead atoms. The molecule has 1 atom stereocenters. The molecular weight excluding hydrogens is 300 g/mol. The molecule has 1 saturated heterocycles. The zero-order chi connectivity index (χ0) is 13.3. The van der Waals surface area contributed by atoms with E-state index >= 15 is 0 Å². The van der Waals surface area contributed by atoms with Gasteiger partial charge >= 0.3 is 0 Å². The summed E-state index contributed by atoms with van der Waals surface area (Å²) in [5.74, 6) is 0.901. The van der Waals surface area contributed by atoms with E-state index in [0.29, 0.717) is 5.54 Å². The first kappa shape index (κ1) is 13.6. The molecule has 3 heteroatoms. The molecule has 1 aromatic carbocycles. The van der Waals surface area contributed by atoms with E-state index in [0.717, 1.165) is 16.9 Å². The molecule has 1 heterocycles. The normalized spacial score (nSPS) is 29.2. The zero-order valence-corrected chi connectivity index (χ0v) is 13.2. The van der Waals surface area contributed by atoms with Gasteiger partial charge in [-0.15, -0.1) is 0 Å². The fraction of sp³-hybridized carbons (Fsp3) is 0.625. The first-order valence-electron chi connectivity index (χ1n) is 7.37. The molecule has 1 unspecified atom stereocenters. The Kier molecular flexibility index (Phi) is 3.97. The van der Waals surface area contributed by atoms with Crippen molar-refractivity contribution in [3.05, 3.63) is 34.3 Å². The highest BCUT2D eigenvalue weighted by Gasteiger charge is 2.42. The first-order chi connectivity index (χ1) is 9.16. The highest BCUT2D eigenvalue weighted by Crippen LogP contribution is 2.40. The number of halogens is 1. The summed E-state index contributed by atoms with van der Waals surface area (Å²) >= 11 is 3.50. The van der Waals surface area contributed by atoms with E-state index in [4.69, 9.17) is 0 Å². The van der Waals surface area contributed by atoms with Crippen molar-refractivity contribution >= 4 is 15.9 Å². The molecule has 2 aliphatic rings. The molecule has 0 spiro atoms. The predicted molar refractivity (Wildman–Crippen MR) is 83.2 cm³/mol. The minimum Gasteiger partial charge on any atom is -0.310 e. The molecule has 1 N–H and O–H groups in total. The van der Waals surface area contributed by atoms with Crippen LogP contribution in [0.15, 0.2) is 28.7 Å². The van der Waals surface area contributed by atoms with Crippen LogP contribution >= 0.6 is 15.9 Å². The summed E-state index contributed by atoms with van der Waals surface area (Å²) < 4.78 is 1.16. The number of benzene rings is 1. The lowest BCUT2D eigenvalue weighted by Crippen LogP contribution is -2.50. The van der Waals surface area contributed by atoms with Gasteiger partial charge in [-0.2, -0.15) is 0 Å². The summed E-state index contributed by atoms with van der Waals surface area (Å²) in [5, 5.41) is 3.80. The Bertz CT molecular complexity index is 427. The molecule has 1 aliphatic carbocycles. The number of hydrogen-bond acceptors (Lipinski definition) is 2. The van der Waals surface area contributed by atoms with Gasteiger partial charge in [0.1, 0.15) is 0 Å². The summed E-state index contributed by atoms with van der Waals surface area (Å²) in [4.78, 5) is 2.63. The third-order valence-electron chi connectivity index (χ3n) is 4.53. The molecule has 104 valence electrons. The molecular formula is C16H23BrN2. The van der Waals surface area contributed by atoms with Crippen LogP contribution in [0.4, 0.5) is 0 Å². The topological polar surface area (TPSA) is 15.3 Å². The third-order valence-corrected chi connectivity index (χ3v) is 5.06. The SMILES string of the molecule is CC1(C2CC2)CN(Cc2ccc(Br)cc2)CCCN1. The molecule has 1 saturated carbocycles. The summed E-state index contributed by atoms with van der Waals surface area (Å²) in [7, 11) is 0. The van der Waals surface area contributed by atoms with E-state index in [9.17, 15) is 0 Å². The van der Waals surface area contributed by atoms with Crippen LogP contribution in [0.2, 0.25) is 0 Å². The lowest BCUT2D eigenvalue weighted by atomic mass is 9.95. The Morgan fingerprint density at radius 3 is 2.74 bits per heavy atom. The minimum absolute atomic E-state index is 0.339. The Morgan fingerprint density at radius 1 is 1.32 bits per heavy atom. The molecule has 1 aliphatic heterocycles. The van der Waals surface area contributed by atoms with Crippen molar-refractivity contribution in [3.63, 3.8) is 0 Å². The summed E-state index contributed by atoms with van der Waals surface area (Å²) in [6, 6.07) is 8.75. The first-order valence-corrected chi connectivity index (χ1v) is 8.17. The Hall–Kier alpha value is -0.380. The van der Waals surface area contributed by atoms with Crippen molar-refractivity contribution in [2.24, 2.45) is 5.92 Å². The zero-order valence-electron chi connectivity index (χ0n) is 11.7. The van der Waals surface area contributed by atoms with Gasteiger partial charge in [0.25, 0.3) is 0 Å². The van der Waals surface area contributed by atoms with Crippen LogP contribution in [-0.4, -0.2) is 30.1 Å². The average Bonchev–Trinajstić information content (AvgIpc) is 3.20. The van der Waals surface area contributed by atoms with Gasteiger partial charge in [0, 0.05) is 23.1 Å². The van der Waals surface area contributed by atoms with Crippen molar-refractivity contribution in [2.45, 2.75) is 38.3 Å². The third kappa shape index (κ3) is 3.39. The average molecular weight is 323 g/mol. The number of rotatable bonds is 3. The molecule has 0 radical (unpaired) electrons. The van der Waals surface area contributed by atoms with E-state index in [1.54, 1.807) is 0 Å². The van der Waals surface area contributed by atoms with E-state index in [1.165, 1.54) is 44.5 Å². The van der Waals surface area contributed by atoms with Crippen LogP contribution in [0, 0.1) is 5.92 Å². The summed E-state index contributed by atoms with van der Waals surface area (Å²) in [6.45, 7) is 7.07. The highest BCUT2D eigenvalue weighted by atomic mass is 79.9. The van der Waals surface area contributed by atoms with Gasteiger partial charge in [0.2, 0.25) is 0 Å². The van der Waals surface area contributed by atoms with E-state index in [2.05, 4.69) is 57.3 Å². The van der Waals surface area contributed by atoms with Crippen molar-refractivity contribution in [2.75, 3.05) is 19.6 Å². The summed E-state index contributed by atoms with van der Waals surface area (Å²) in [5.41, 5.74) is 1.76. The standard InChI is InChI=1S/C16H23BrN2/c1-16(14-5-6-14)12-19(10-2-9-18-16)11-13-3-7-15(17)8-4-13/h3-4,7-8,14,18H,2,5-6,9-12H2,1H3. The van der Waals surface area contributed by atoms with Crippen molar-refractivity contribution in [1.29, 1.82) is 0 Å². The molecule has 2 fully saturated rings. The van der Waals surface area contributed by atoms with Gasteiger partial charge in [0.05, 0.1) is 0 Å². The van der Waals surface area contributed by atoms with Crippen molar-refractivity contribution in [3.8, 4) is 0 Å².